The first kappa shape index (κ1) is 12.5. The van der Waals surface area contributed by atoms with Crippen LogP contribution in [0.25, 0.3) is 10.6 Å². The van der Waals surface area contributed by atoms with E-state index in [0.29, 0.717) is 6.54 Å². The van der Waals surface area contributed by atoms with Crippen LogP contribution in [0.15, 0.2) is 28.5 Å². The summed E-state index contributed by atoms with van der Waals surface area (Å²) in [6, 6.07) is 5.94. The third-order valence-corrected chi connectivity index (χ3v) is 4.33. The topological polar surface area (TPSA) is 78.3 Å². The molecule has 0 atom stereocenters. The molecule has 3 aromatic heterocycles. The van der Waals surface area contributed by atoms with Gasteiger partial charge in [0.2, 0.25) is 0 Å². The number of hydrogen-bond acceptors (Lipinski definition) is 6. The standard InChI is InChI=1S/C13H7N5S2/c14-3-11-12(4-15)18(8-16-11)5-10-7-20-13(17-10)9-1-2-19-6-9/h1-2,6-8H,5H2. The molecule has 0 aliphatic carbocycles. The molecule has 3 rings (SSSR count). The lowest BCUT2D eigenvalue weighted by Crippen LogP contribution is -2.01. The van der Waals surface area contributed by atoms with E-state index < -0.39 is 0 Å². The minimum atomic E-state index is 0.154. The highest BCUT2D eigenvalue weighted by Crippen LogP contribution is 2.26. The van der Waals surface area contributed by atoms with Gasteiger partial charge in [0.15, 0.2) is 11.4 Å². The van der Waals surface area contributed by atoms with Crippen LogP contribution in [0, 0.1) is 22.7 Å². The Balaban J connectivity index is 1.88. The van der Waals surface area contributed by atoms with Crippen LogP contribution in [0.2, 0.25) is 0 Å². The number of nitrogens with zero attached hydrogens (tertiary/aromatic N) is 5. The Bertz CT molecular complexity index is 814. The number of thiophene rings is 1. The molecule has 0 spiro atoms. The van der Waals surface area contributed by atoms with Crippen molar-refractivity contribution in [1.29, 1.82) is 10.5 Å². The molecular weight excluding hydrogens is 290 g/mol. The molecule has 0 N–H and O–H groups in total. The summed E-state index contributed by atoms with van der Waals surface area (Å²) in [7, 11) is 0. The molecule has 0 unspecified atom stereocenters. The maximum absolute atomic E-state index is 9.07. The Kier molecular flexibility index (Phi) is 3.30. The van der Waals surface area contributed by atoms with Crippen LogP contribution >= 0.6 is 22.7 Å². The maximum Gasteiger partial charge on any atom is 0.176 e. The molecule has 3 aromatic rings. The van der Waals surface area contributed by atoms with Gasteiger partial charge in [-0.05, 0) is 11.4 Å². The van der Waals surface area contributed by atoms with Gasteiger partial charge >= 0.3 is 0 Å². The highest BCUT2D eigenvalue weighted by atomic mass is 32.1. The molecule has 0 amide bonds. The molecule has 0 saturated carbocycles. The fraction of sp³-hybridized carbons (Fsp3) is 0.0769. The van der Waals surface area contributed by atoms with E-state index in [1.165, 1.54) is 6.33 Å². The Morgan fingerprint density at radius 3 is 2.85 bits per heavy atom. The van der Waals surface area contributed by atoms with E-state index in [4.69, 9.17) is 10.5 Å². The number of nitriles is 2. The monoisotopic (exact) mass is 297 g/mol. The van der Waals surface area contributed by atoms with Gasteiger partial charge in [-0.2, -0.15) is 21.9 Å². The van der Waals surface area contributed by atoms with E-state index in [-0.39, 0.29) is 11.4 Å². The fourth-order valence-electron chi connectivity index (χ4n) is 1.77. The SMILES string of the molecule is N#Cc1ncn(Cc2csc(-c3ccsc3)n2)c1C#N. The molecule has 3 heterocycles. The molecule has 5 nitrogen and oxygen atoms in total. The van der Waals surface area contributed by atoms with Crippen LogP contribution in [-0.4, -0.2) is 14.5 Å². The second kappa shape index (κ2) is 5.25. The Morgan fingerprint density at radius 2 is 2.15 bits per heavy atom. The van der Waals surface area contributed by atoms with E-state index >= 15 is 0 Å². The highest BCUT2D eigenvalue weighted by Gasteiger charge is 2.12. The lowest BCUT2D eigenvalue weighted by atomic mass is 10.3. The van der Waals surface area contributed by atoms with Crippen molar-refractivity contribution in [2.24, 2.45) is 0 Å². The number of thiazole rings is 1. The first-order valence-electron chi connectivity index (χ1n) is 5.64. The van der Waals surface area contributed by atoms with Gasteiger partial charge in [-0.3, -0.25) is 0 Å². The fourth-order valence-corrected chi connectivity index (χ4v) is 3.30. The summed E-state index contributed by atoms with van der Waals surface area (Å²) in [4.78, 5) is 8.46. The van der Waals surface area contributed by atoms with Crippen molar-refractivity contribution in [3.63, 3.8) is 0 Å². The summed E-state index contributed by atoms with van der Waals surface area (Å²) in [6.45, 7) is 0.443. The number of imidazole rings is 1. The van der Waals surface area contributed by atoms with Gasteiger partial charge in [0.25, 0.3) is 0 Å². The number of aromatic nitrogens is 3. The average molecular weight is 297 g/mol. The van der Waals surface area contributed by atoms with E-state index in [9.17, 15) is 0 Å². The smallest absolute Gasteiger partial charge is 0.176 e. The largest absolute Gasteiger partial charge is 0.315 e. The van der Waals surface area contributed by atoms with Gasteiger partial charge in [0.05, 0.1) is 18.6 Å². The minimum absolute atomic E-state index is 0.154. The Morgan fingerprint density at radius 1 is 1.25 bits per heavy atom. The van der Waals surface area contributed by atoms with Crippen LogP contribution in [0.5, 0.6) is 0 Å². The zero-order chi connectivity index (χ0) is 13.9. The van der Waals surface area contributed by atoms with Crippen molar-refractivity contribution in [2.45, 2.75) is 6.54 Å². The first-order valence-corrected chi connectivity index (χ1v) is 7.46. The summed E-state index contributed by atoms with van der Waals surface area (Å²) in [6.07, 6.45) is 1.50. The van der Waals surface area contributed by atoms with E-state index in [2.05, 4.69) is 9.97 Å². The van der Waals surface area contributed by atoms with Crippen LogP contribution in [0.4, 0.5) is 0 Å². The summed E-state index contributed by atoms with van der Waals surface area (Å²) < 4.78 is 1.64. The molecule has 0 aliphatic heterocycles. The van der Waals surface area contributed by atoms with Gasteiger partial charge in [0, 0.05) is 16.3 Å². The third-order valence-electron chi connectivity index (χ3n) is 2.70. The van der Waals surface area contributed by atoms with Gasteiger partial charge < -0.3 is 4.57 Å². The molecule has 0 fully saturated rings. The van der Waals surface area contributed by atoms with Crippen LogP contribution in [0.3, 0.4) is 0 Å². The molecule has 0 radical (unpaired) electrons. The number of rotatable bonds is 3. The summed E-state index contributed by atoms with van der Waals surface area (Å²) in [5.41, 5.74) is 2.39. The van der Waals surface area contributed by atoms with Crippen molar-refractivity contribution in [1.82, 2.24) is 14.5 Å². The van der Waals surface area contributed by atoms with Crippen LogP contribution < -0.4 is 0 Å². The Labute approximate surface area is 123 Å². The predicted molar refractivity (Wildman–Crippen MR) is 76.2 cm³/mol. The van der Waals surface area contributed by atoms with Crippen molar-refractivity contribution in [2.75, 3.05) is 0 Å². The average Bonchev–Trinajstić information content (AvgIpc) is 3.19. The van der Waals surface area contributed by atoms with E-state index in [0.717, 1.165) is 16.3 Å². The lowest BCUT2D eigenvalue weighted by Gasteiger charge is -1.99. The molecule has 96 valence electrons. The zero-order valence-electron chi connectivity index (χ0n) is 10.1. The quantitative estimate of drug-likeness (QED) is 0.744. The van der Waals surface area contributed by atoms with Gasteiger partial charge in [-0.15, -0.1) is 11.3 Å². The minimum Gasteiger partial charge on any atom is -0.315 e. The summed E-state index contributed by atoms with van der Waals surface area (Å²) >= 11 is 3.20. The molecule has 20 heavy (non-hydrogen) atoms. The van der Waals surface area contributed by atoms with E-state index in [1.54, 1.807) is 27.2 Å². The number of hydrogen-bond donors (Lipinski definition) is 0. The van der Waals surface area contributed by atoms with Gasteiger partial charge in [-0.1, -0.05) is 0 Å². The molecule has 0 aliphatic rings. The predicted octanol–water partition coefficient (Wildman–Crippen LogP) is 2.86. The molecule has 7 heteroatoms. The van der Waals surface area contributed by atoms with Gasteiger partial charge in [0.1, 0.15) is 17.1 Å². The Hall–Kier alpha value is -2.48. The molecule has 0 saturated heterocycles. The second-order valence-corrected chi connectivity index (χ2v) is 5.59. The highest BCUT2D eigenvalue weighted by molar-refractivity contribution is 7.14. The van der Waals surface area contributed by atoms with Crippen LogP contribution in [0.1, 0.15) is 17.1 Å². The molecular formula is C13H7N5S2. The van der Waals surface area contributed by atoms with E-state index in [1.807, 2.05) is 34.3 Å². The third kappa shape index (κ3) is 2.21. The van der Waals surface area contributed by atoms with Crippen LogP contribution in [-0.2, 0) is 6.54 Å². The van der Waals surface area contributed by atoms with Crippen molar-refractivity contribution in [3.05, 3.63) is 45.6 Å². The zero-order valence-corrected chi connectivity index (χ0v) is 11.8. The summed E-state index contributed by atoms with van der Waals surface area (Å²) in [5.74, 6) is 0. The molecule has 0 bridgehead atoms. The van der Waals surface area contributed by atoms with Crippen molar-refractivity contribution < 1.29 is 0 Å². The van der Waals surface area contributed by atoms with Crippen molar-refractivity contribution in [3.8, 4) is 22.7 Å². The van der Waals surface area contributed by atoms with Crippen molar-refractivity contribution >= 4 is 22.7 Å². The lowest BCUT2D eigenvalue weighted by molar-refractivity contribution is 0.768. The molecule has 0 aromatic carbocycles. The maximum atomic E-state index is 9.07. The van der Waals surface area contributed by atoms with Gasteiger partial charge in [-0.25, -0.2) is 9.97 Å². The second-order valence-electron chi connectivity index (χ2n) is 3.95. The summed E-state index contributed by atoms with van der Waals surface area (Å²) in [5, 5.41) is 24.9. The normalized spacial score (nSPS) is 10.1. The first-order chi connectivity index (χ1) is 9.81.